The molecule has 13 heteroatoms. The maximum Gasteiger partial charge on any atom is 0.325 e. The van der Waals surface area contributed by atoms with E-state index in [9.17, 15) is 22.8 Å². The molecule has 0 amide bonds. The molecule has 0 spiro atoms. The van der Waals surface area contributed by atoms with Crippen LogP contribution in [-0.2, 0) is 34.0 Å². The van der Waals surface area contributed by atoms with Gasteiger partial charge >= 0.3 is 17.9 Å². The van der Waals surface area contributed by atoms with Crippen molar-refractivity contribution in [1.82, 2.24) is 0 Å². The molecule has 1 atom stereocenters. The van der Waals surface area contributed by atoms with Crippen LogP contribution >= 0.6 is 15.9 Å². The zero-order chi connectivity index (χ0) is 19.7. The number of carboxylic acid groups (broad SMARTS) is 1. The number of ether oxygens (including phenoxy) is 2. The average Bonchev–Trinajstić information content (AvgIpc) is 2.44. The Hall–Kier alpha value is 0.800. The summed E-state index contributed by atoms with van der Waals surface area (Å²) in [6, 6.07) is 0. The van der Waals surface area contributed by atoms with Gasteiger partial charge in [0.1, 0.15) is 4.32 Å². The molecule has 0 rings (SSSR count). The normalized spacial score (nSPS) is 12.1. The number of alkyl halides is 1. The zero-order valence-electron chi connectivity index (χ0n) is 16.1. The van der Waals surface area contributed by atoms with Crippen molar-refractivity contribution in [3.8, 4) is 0 Å². The molecular formula is C14H23BrNa2O9S. The second kappa shape index (κ2) is 15.6. The molecule has 2 N–H and O–H groups in total. The molecule has 0 aliphatic carbocycles. The third-order valence-electron chi connectivity index (χ3n) is 3.01. The fourth-order valence-electron chi connectivity index (χ4n) is 1.61. The first-order valence-corrected chi connectivity index (χ1v) is 9.86. The van der Waals surface area contributed by atoms with E-state index < -0.39 is 38.1 Å². The van der Waals surface area contributed by atoms with Crippen LogP contribution in [0.2, 0.25) is 0 Å². The van der Waals surface area contributed by atoms with Gasteiger partial charge in [-0.3, -0.25) is 18.9 Å². The van der Waals surface area contributed by atoms with E-state index >= 15 is 0 Å². The standard InChI is InChI=1S/C14H23BrO9S.2Na/c1-14(2,15)13(19)24-8-6-4-3-5-7-23-11(16)9-10(12(17)18)25(20,21)22;;/h10H,3-9H2,1-2H3,(H,17,18)(H,20,21,22);;. The van der Waals surface area contributed by atoms with Crippen LogP contribution in [0.1, 0.15) is 46.0 Å². The van der Waals surface area contributed by atoms with Crippen LogP contribution < -0.4 is 0 Å². The first-order valence-electron chi connectivity index (χ1n) is 7.56. The van der Waals surface area contributed by atoms with Gasteiger partial charge < -0.3 is 14.6 Å². The summed E-state index contributed by atoms with van der Waals surface area (Å²) in [4.78, 5) is 33.5. The summed E-state index contributed by atoms with van der Waals surface area (Å²) in [6.45, 7) is 3.65. The Labute approximate surface area is 211 Å². The average molecular weight is 493 g/mol. The van der Waals surface area contributed by atoms with Crippen molar-refractivity contribution in [2.45, 2.75) is 55.5 Å². The molecule has 27 heavy (non-hydrogen) atoms. The predicted molar refractivity (Wildman–Crippen MR) is 102 cm³/mol. The molecule has 2 radical (unpaired) electrons. The summed E-state index contributed by atoms with van der Waals surface area (Å²) < 4.78 is 39.4. The van der Waals surface area contributed by atoms with Crippen LogP contribution in [0.25, 0.3) is 0 Å². The van der Waals surface area contributed by atoms with Gasteiger partial charge in [-0.05, 0) is 39.5 Å². The smallest absolute Gasteiger partial charge is 0.325 e. The molecule has 0 saturated carbocycles. The number of hydrogen-bond acceptors (Lipinski definition) is 7. The minimum absolute atomic E-state index is 0. The van der Waals surface area contributed by atoms with Gasteiger partial charge in [-0.2, -0.15) is 8.42 Å². The second-order valence-electron chi connectivity index (χ2n) is 5.79. The van der Waals surface area contributed by atoms with Gasteiger partial charge in [-0.1, -0.05) is 15.9 Å². The Balaban J connectivity index is -0.00000288. The van der Waals surface area contributed by atoms with Crippen molar-refractivity contribution in [2.75, 3.05) is 13.2 Å². The minimum Gasteiger partial charge on any atom is -0.480 e. The Kier molecular flexibility index (Phi) is 18.8. The minimum atomic E-state index is -4.87. The van der Waals surface area contributed by atoms with E-state index in [1.54, 1.807) is 13.8 Å². The first-order chi connectivity index (χ1) is 11.4. The van der Waals surface area contributed by atoms with Crippen molar-refractivity contribution in [1.29, 1.82) is 0 Å². The summed E-state index contributed by atoms with van der Waals surface area (Å²) in [5.41, 5.74) is 0. The molecule has 0 aromatic heterocycles. The fourth-order valence-corrected chi connectivity index (χ4v) is 2.33. The summed E-state index contributed by atoms with van der Waals surface area (Å²) in [7, 11) is -4.87. The van der Waals surface area contributed by atoms with E-state index in [2.05, 4.69) is 15.9 Å². The number of aliphatic carboxylic acids is 1. The number of rotatable bonds is 12. The first kappa shape index (κ1) is 32.5. The van der Waals surface area contributed by atoms with Gasteiger partial charge in [0.05, 0.1) is 19.6 Å². The Morgan fingerprint density at radius 3 is 1.81 bits per heavy atom. The van der Waals surface area contributed by atoms with E-state index in [-0.39, 0.29) is 78.3 Å². The van der Waals surface area contributed by atoms with Crippen LogP contribution in [0, 0.1) is 0 Å². The molecule has 0 aromatic rings. The van der Waals surface area contributed by atoms with Crippen molar-refractivity contribution in [3.63, 3.8) is 0 Å². The SMILES string of the molecule is CC(C)(Br)C(=O)OCCCCCCOC(=O)CC(C(=O)O)S(=O)(=O)O.[Na].[Na]. The number of carboxylic acids is 1. The largest absolute Gasteiger partial charge is 0.480 e. The van der Waals surface area contributed by atoms with E-state index in [1.807, 2.05) is 0 Å². The Bertz CT molecular complexity index is 576. The van der Waals surface area contributed by atoms with Gasteiger partial charge in [0, 0.05) is 59.1 Å². The summed E-state index contributed by atoms with van der Waals surface area (Å²) in [5, 5.41) is 6.42. The Morgan fingerprint density at radius 2 is 1.44 bits per heavy atom. The van der Waals surface area contributed by atoms with Crippen LogP contribution in [0.15, 0.2) is 0 Å². The van der Waals surface area contributed by atoms with Crippen molar-refractivity contribution < 1.29 is 41.9 Å². The number of carbonyl (C=O) groups is 3. The third-order valence-corrected chi connectivity index (χ3v) is 4.42. The van der Waals surface area contributed by atoms with E-state index in [0.717, 1.165) is 6.42 Å². The van der Waals surface area contributed by atoms with Crippen LogP contribution in [0.3, 0.4) is 0 Å². The monoisotopic (exact) mass is 492 g/mol. The number of hydrogen-bond donors (Lipinski definition) is 2. The summed E-state index contributed by atoms with van der Waals surface area (Å²) in [6.07, 6.45) is 1.60. The Morgan fingerprint density at radius 1 is 1.00 bits per heavy atom. The molecule has 0 saturated heterocycles. The summed E-state index contributed by atoms with van der Waals surface area (Å²) >= 11 is 3.19. The molecule has 0 bridgehead atoms. The van der Waals surface area contributed by atoms with Crippen LogP contribution in [0.5, 0.6) is 0 Å². The van der Waals surface area contributed by atoms with Crippen molar-refractivity contribution in [3.05, 3.63) is 0 Å². The van der Waals surface area contributed by atoms with Gasteiger partial charge in [0.2, 0.25) is 0 Å². The number of unbranched alkanes of at least 4 members (excludes halogenated alkanes) is 3. The molecule has 1 unspecified atom stereocenters. The van der Waals surface area contributed by atoms with E-state index in [1.165, 1.54) is 0 Å². The molecule has 9 nitrogen and oxygen atoms in total. The maximum absolute atomic E-state index is 11.5. The molecular weight excluding hydrogens is 470 g/mol. The molecule has 0 aliphatic rings. The van der Waals surface area contributed by atoms with Gasteiger partial charge in [-0.15, -0.1) is 0 Å². The number of carbonyl (C=O) groups excluding carboxylic acids is 2. The molecule has 148 valence electrons. The van der Waals surface area contributed by atoms with Gasteiger partial charge in [0.25, 0.3) is 10.1 Å². The van der Waals surface area contributed by atoms with Crippen molar-refractivity contribution >= 4 is 103 Å². The topological polar surface area (TPSA) is 144 Å². The van der Waals surface area contributed by atoms with E-state index in [4.69, 9.17) is 19.1 Å². The second-order valence-corrected chi connectivity index (χ2v) is 9.37. The van der Waals surface area contributed by atoms with Gasteiger partial charge in [0.15, 0.2) is 5.25 Å². The van der Waals surface area contributed by atoms with Crippen molar-refractivity contribution in [2.24, 2.45) is 0 Å². The summed E-state index contributed by atoms with van der Waals surface area (Å²) in [5.74, 6) is -3.19. The third kappa shape index (κ3) is 16.3. The molecule has 0 heterocycles. The van der Waals surface area contributed by atoms with Gasteiger partial charge in [-0.25, -0.2) is 0 Å². The number of esters is 2. The maximum atomic E-state index is 11.5. The number of halogens is 1. The predicted octanol–water partition coefficient (Wildman–Crippen LogP) is 0.776. The fraction of sp³-hybridized carbons (Fsp3) is 0.786. The van der Waals surface area contributed by atoms with E-state index in [0.29, 0.717) is 19.3 Å². The molecule has 0 aromatic carbocycles. The van der Waals surface area contributed by atoms with Crippen LogP contribution in [0.4, 0.5) is 0 Å². The van der Waals surface area contributed by atoms with Crippen LogP contribution in [-0.4, -0.2) is 118 Å². The molecule has 0 aliphatic heterocycles. The zero-order valence-corrected chi connectivity index (χ0v) is 22.5. The molecule has 0 fully saturated rings. The quantitative estimate of drug-likeness (QED) is 0.132.